The fraction of sp³-hybridized carbons (Fsp3) is 0.188. The van der Waals surface area contributed by atoms with E-state index in [2.05, 4.69) is 0 Å². The van der Waals surface area contributed by atoms with Crippen LogP contribution in [-0.2, 0) is 0 Å². The van der Waals surface area contributed by atoms with E-state index in [0.717, 1.165) is 17.3 Å². The number of phenols is 1. The van der Waals surface area contributed by atoms with Crippen molar-refractivity contribution >= 4 is 11.6 Å². The molecule has 0 spiro atoms. The van der Waals surface area contributed by atoms with Crippen LogP contribution in [0, 0.1) is 12.7 Å². The van der Waals surface area contributed by atoms with Crippen molar-refractivity contribution in [3.63, 3.8) is 0 Å². The Morgan fingerprint density at radius 2 is 1.85 bits per heavy atom. The van der Waals surface area contributed by atoms with Crippen LogP contribution in [0.15, 0.2) is 42.5 Å². The summed E-state index contributed by atoms with van der Waals surface area (Å²) >= 11 is 0. The first kappa shape index (κ1) is 14.1. The molecule has 0 aromatic heterocycles. The Kier molecular flexibility index (Phi) is 4.03. The van der Waals surface area contributed by atoms with Gasteiger partial charge in [0.1, 0.15) is 11.6 Å². The minimum absolute atomic E-state index is 0.0507. The van der Waals surface area contributed by atoms with Crippen LogP contribution in [0.5, 0.6) is 5.75 Å². The summed E-state index contributed by atoms with van der Waals surface area (Å²) < 4.78 is 13.8. The van der Waals surface area contributed by atoms with Crippen molar-refractivity contribution in [1.82, 2.24) is 0 Å². The highest BCUT2D eigenvalue weighted by molar-refractivity contribution is 6.06. The highest BCUT2D eigenvalue weighted by Gasteiger charge is 2.19. The van der Waals surface area contributed by atoms with Crippen molar-refractivity contribution in [3.05, 3.63) is 59.4 Å². The number of rotatable bonds is 3. The van der Waals surface area contributed by atoms with Crippen LogP contribution in [0.2, 0.25) is 0 Å². The number of hydrogen-bond acceptors (Lipinski definition) is 2. The zero-order valence-electron chi connectivity index (χ0n) is 11.4. The van der Waals surface area contributed by atoms with Gasteiger partial charge in [0.05, 0.1) is 5.56 Å². The van der Waals surface area contributed by atoms with Gasteiger partial charge in [-0.3, -0.25) is 4.79 Å². The Morgan fingerprint density at radius 1 is 1.20 bits per heavy atom. The molecule has 0 heterocycles. The van der Waals surface area contributed by atoms with E-state index in [1.165, 1.54) is 17.0 Å². The number of nitrogens with zero attached hydrogens (tertiary/aromatic N) is 1. The molecule has 0 aliphatic heterocycles. The Hall–Kier alpha value is -2.36. The number of carbonyl (C=O) groups excluding carboxylic acids is 1. The van der Waals surface area contributed by atoms with Crippen molar-refractivity contribution in [2.75, 3.05) is 11.4 Å². The molecule has 0 aliphatic carbocycles. The van der Waals surface area contributed by atoms with Gasteiger partial charge < -0.3 is 10.0 Å². The molecule has 0 radical (unpaired) electrons. The monoisotopic (exact) mass is 273 g/mol. The third kappa shape index (κ3) is 2.79. The van der Waals surface area contributed by atoms with Crippen molar-refractivity contribution in [2.45, 2.75) is 13.8 Å². The van der Waals surface area contributed by atoms with Crippen LogP contribution in [0.4, 0.5) is 10.1 Å². The number of carbonyl (C=O) groups is 1. The molecule has 1 N–H and O–H groups in total. The van der Waals surface area contributed by atoms with Crippen LogP contribution in [0.25, 0.3) is 0 Å². The minimum atomic E-state index is -0.722. The molecule has 0 saturated heterocycles. The topological polar surface area (TPSA) is 40.5 Å². The lowest BCUT2D eigenvalue weighted by molar-refractivity contribution is 0.0984. The Balaban J connectivity index is 2.36. The number of benzene rings is 2. The molecule has 2 aromatic rings. The molecule has 1 amide bonds. The number of amides is 1. The van der Waals surface area contributed by atoms with Crippen LogP contribution >= 0.6 is 0 Å². The second-order valence-corrected chi connectivity index (χ2v) is 4.55. The van der Waals surface area contributed by atoms with Gasteiger partial charge >= 0.3 is 0 Å². The number of aromatic hydroxyl groups is 1. The quantitative estimate of drug-likeness (QED) is 0.929. The smallest absolute Gasteiger partial charge is 0.261 e. The first-order chi connectivity index (χ1) is 9.52. The number of hydrogen-bond donors (Lipinski definition) is 1. The highest BCUT2D eigenvalue weighted by Crippen LogP contribution is 2.21. The van der Waals surface area contributed by atoms with Crippen LogP contribution < -0.4 is 4.90 Å². The predicted octanol–water partition coefficient (Wildman–Crippen LogP) is 3.51. The van der Waals surface area contributed by atoms with Gasteiger partial charge in [0.15, 0.2) is 0 Å². The summed E-state index contributed by atoms with van der Waals surface area (Å²) in [5, 5.41) is 9.20. The molecule has 0 fully saturated rings. The molecule has 2 rings (SSSR count). The lowest BCUT2D eigenvalue weighted by Gasteiger charge is -2.21. The van der Waals surface area contributed by atoms with E-state index in [1.54, 1.807) is 0 Å². The van der Waals surface area contributed by atoms with Gasteiger partial charge in [-0.2, -0.15) is 0 Å². The van der Waals surface area contributed by atoms with Crippen LogP contribution in [-0.4, -0.2) is 17.6 Å². The molecular formula is C16H16FNO2. The van der Waals surface area contributed by atoms with Gasteiger partial charge in [-0.05, 0) is 38.1 Å². The molecular weight excluding hydrogens is 257 g/mol. The maximum Gasteiger partial charge on any atom is 0.261 e. The first-order valence-corrected chi connectivity index (χ1v) is 6.40. The summed E-state index contributed by atoms with van der Waals surface area (Å²) in [5.74, 6) is -1.34. The second kappa shape index (κ2) is 5.74. The summed E-state index contributed by atoms with van der Waals surface area (Å²) in [4.78, 5) is 13.9. The summed E-state index contributed by atoms with van der Waals surface area (Å²) in [7, 11) is 0. The lowest BCUT2D eigenvalue weighted by atomic mass is 10.1. The van der Waals surface area contributed by atoms with Gasteiger partial charge in [0, 0.05) is 18.3 Å². The summed E-state index contributed by atoms with van der Waals surface area (Å²) in [6.45, 7) is 4.22. The largest absolute Gasteiger partial charge is 0.508 e. The number of phenolic OH excluding ortho intramolecular Hbond substituents is 1. The summed E-state index contributed by atoms with van der Waals surface area (Å²) in [5.41, 5.74) is 1.76. The zero-order chi connectivity index (χ0) is 14.7. The molecule has 3 nitrogen and oxygen atoms in total. The summed E-state index contributed by atoms with van der Waals surface area (Å²) in [6.07, 6.45) is 0. The Bertz CT molecular complexity index is 623. The number of anilines is 1. The standard InChI is InChI=1S/C16H16FNO2/c1-3-18(12-6-4-11(2)5-7-12)16(20)14-9-8-13(19)10-15(14)17/h4-10,19H,3H2,1-2H3. The molecule has 104 valence electrons. The maximum atomic E-state index is 13.8. The predicted molar refractivity (Wildman–Crippen MR) is 76.6 cm³/mol. The molecule has 0 saturated carbocycles. The van der Waals surface area contributed by atoms with Gasteiger partial charge in [0.2, 0.25) is 0 Å². The van der Waals surface area contributed by atoms with Gasteiger partial charge in [-0.1, -0.05) is 17.7 Å². The molecule has 0 unspecified atom stereocenters. The molecule has 4 heteroatoms. The van der Waals surface area contributed by atoms with Crippen LogP contribution in [0.3, 0.4) is 0 Å². The Morgan fingerprint density at radius 3 is 2.40 bits per heavy atom. The summed E-state index contributed by atoms with van der Waals surface area (Å²) in [6, 6.07) is 11.0. The van der Waals surface area contributed by atoms with Crippen molar-refractivity contribution in [3.8, 4) is 5.75 Å². The highest BCUT2D eigenvalue weighted by atomic mass is 19.1. The molecule has 2 aromatic carbocycles. The van der Waals surface area contributed by atoms with Crippen molar-refractivity contribution in [1.29, 1.82) is 0 Å². The van der Waals surface area contributed by atoms with Crippen molar-refractivity contribution < 1.29 is 14.3 Å². The van der Waals surface area contributed by atoms with Gasteiger partial charge in [0.25, 0.3) is 5.91 Å². The second-order valence-electron chi connectivity index (χ2n) is 4.55. The SMILES string of the molecule is CCN(C(=O)c1ccc(O)cc1F)c1ccc(C)cc1. The minimum Gasteiger partial charge on any atom is -0.508 e. The van der Waals surface area contributed by atoms with E-state index < -0.39 is 11.7 Å². The van der Waals surface area contributed by atoms with E-state index >= 15 is 0 Å². The average molecular weight is 273 g/mol. The van der Waals surface area contributed by atoms with E-state index in [4.69, 9.17) is 0 Å². The maximum absolute atomic E-state index is 13.8. The first-order valence-electron chi connectivity index (χ1n) is 6.40. The fourth-order valence-corrected chi connectivity index (χ4v) is 1.99. The van der Waals surface area contributed by atoms with E-state index in [1.807, 2.05) is 38.1 Å². The van der Waals surface area contributed by atoms with Gasteiger partial charge in [-0.15, -0.1) is 0 Å². The van der Waals surface area contributed by atoms with E-state index in [0.29, 0.717) is 6.54 Å². The number of aryl methyl sites for hydroxylation is 1. The lowest BCUT2D eigenvalue weighted by Crippen LogP contribution is -2.31. The fourth-order valence-electron chi connectivity index (χ4n) is 1.99. The third-order valence-electron chi connectivity index (χ3n) is 3.09. The normalized spacial score (nSPS) is 10.3. The van der Waals surface area contributed by atoms with E-state index in [9.17, 15) is 14.3 Å². The molecule has 0 atom stereocenters. The zero-order valence-corrected chi connectivity index (χ0v) is 11.4. The molecule has 0 aliphatic rings. The van der Waals surface area contributed by atoms with Crippen LogP contribution in [0.1, 0.15) is 22.8 Å². The Labute approximate surface area is 117 Å². The number of halogens is 1. The van der Waals surface area contributed by atoms with Crippen molar-refractivity contribution in [2.24, 2.45) is 0 Å². The molecule has 0 bridgehead atoms. The average Bonchev–Trinajstić information content (AvgIpc) is 2.41. The van der Waals surface area contributed by atoms with E-state index in [-0.39, 0.29) is 11.3 Å². The van der Waals surface area contributed by atoms with Gasteiger partial charge in [-0.25, -0.2) is 4.39 Å². The third-order valence-corrected chi connectivity index (χ3v) is 3.09. The molecule has 20 heavy (non-hydrogen) atoms.